The Morgan fingerprint density at radius 2 is 0.930 bits per heavy atom. The van der Waals surface area contributed by atoms with Gasteiger partial charge in [0.05, 0.1) is 0 Å². The summed E-state index contributed by atoms with van der Waals surface area (Å²) in [6.45, 7) is 18.2. The Kier molecular flexibility index (Phi) is 10.2. The first-order valence-electron chi connectivity index (χ1n) is 15.4. The Hall–Kier alpha value is -4.20. The van der Waals surface area contributed by atoms with Crippen molar-refractivity contribution in [3.8, 4) is 0 Å². The second kappa shape index (κ2) is 13.8. The lowest BCUT2D eigenvalue weighted by Crippen LogP contribution is -2.49. The number of benzene rings is 2. The van der Waals surface area contributed by atoms with Crippen LogP contribution >= 0.6 is 0 Å². The van der Waals surface area contributed by atoms with Crippen LogP contribution in [0.1, 0.15) is 101 Å². The van der Waals surface area contributed by atoms with Gasteiger partial charge in [0.25, 0.3) is 11.8 Å². The first-order valence-corrected chi connectivity index (χ1v) is 15.4. The molecule has 0 radical (unpaired) electrons. The van der Waals surface area contributed by atoms with Crippen molar-refractivity contribution >= 4 is 23.2 Å². The van der Waals surface area contributed by atoms with Crippen LogP contribution in [-0.4, -0.2) is 20.9 Å². The summed E-state index contributed by atoms with van der Waals surface area (Å²) < 4.78 is 7.78. The summed E-state index contributed by atoms with van der Waals surface area (Å²) in [5, 5.41) is 6.38. The van der Waals surface area contributed by atoms with Crippen molar-refractivity contribution in [2.75, 3.05) is 10.6 Å². The van der Waals surface area contributed by atoms with Gasteiger partial charge in [-0.25, -0.2) is 9.13 Å². The number of carbonyl (C=O) groups excluding carboxylic acids is 2. The molecule has 0 saturated carbocycles. The van der Waals surface area contributed by atoms with E-state index in [4.69, 9.17) is 0 Å². The molecule has 43 heavy (non-hydrogen) atoms. The van der Waals surface area contributed by atoms with E-state index in [9.17, 15) is 9.59 Å². The highest BCUT2D eigenvalue weighted by atomic mass is 16.2. The number of nitrogens with one attached hydrogen (secondary N) is 2. The average molecular weight is 585 g/mol. The molecule has 8 nitrogen and oxygen atoms in total. The second-order valence-corrected chi connectivity index (χ2v) is 12.7. The van der Waals surface area contributed by atoms with E-state index in [1.807, 2.05) is 55.7 Å². The number of amides is 2. The molecule has 2 aromatic heterocycles. The highest BCUT2D eigenvalue weighted by Crippen LogP contribution is 2.33. The van der Waals surface area contributed by atoms with Gasteiger partial charge in [-0.1, -0.05) is 91.8 Å². The first-order chi connectivity index (χ1) is 20.4. The molecule has 0 aliphatic carbocycles. The summed E-state index contributed by atoms with van der Waals surface area (Å²) in [5.74, 6) is 1.14. The van der Waals surface area contributed by atoms with Crippen LogP contribution in [0, 0.1) is 0 Å². The Morgan fingerprint density at radius 1 is 0.605 bits per heavy atom. The van der Waals surface area contributed by atoms with Crippen molar-refractivity contribution in [1.29, 1.82) is 0 Å². The Morgan fingerprint density at radius 3 is 1.23 bits per heavy atom. The van der Waals surface area contributed by atoms with Gasteiger partial charge in [0, 0.05) is 11.4 Å². The van der Waals surface area contributed by atoms with E-state index in [1.165, 1.54) is 0 Å². The third-order valence-corrected chi connectivity index (χ3v) is 7.75. The van der Waals surface area contributed by atoms with Gasteiger partial charge < -0.3 is 10.6 Å². The molecule has 2 N–H and O–H groups in total. The van der Waals surface area contributed by atoms with E-state index in [-0.39, 0.29) is 24.9 Å². The quantitative estimate of drug-likeness (QED) is 0.196. The number of para-hydroxylation sites is 2. The third-order valence-electron chi connectivity index (χ3n) is 7.75. The van der Waals surface area contributed by atoms with E-state index in [2.05, 4.69) is 102 Å². The van der Waals surface area contributed by atoms with Crippen molar-refractivity contribution in [3.05, 3.63) is 96.1 Å². The van der Waals surface area contributed by atoms with Gasteiger partial charge in [-0.2, -0.15) is 9.13 Å². The summed E-state index contributed by atoms with van der Waals surface area (Å²) >= 11 is 0. The number of imidazole rings is 2. The minimum atomic E-state index is -0.0535. The molecule has 4 aromatic rings. The van der Waals surface area contributed by atoms with Crippen LogP contribution in [0.4, 0.5) is 11.4 Å². The van der Waals surface area contributed by atoms with Gasteiger partial charge >= 0.3 is 0 Å². The lowest BCUT2D eigenvalue weighted by Gasteiger charge is -2.19. The van der Waals surface area contributed by atoms with Gasteiger partial charge in [-0.15, -0.1) is 0 Å². The molecular weight excluding hydrogens is 536 g/mol. The molecule has 0 aliphatic rings. The van der Waals surface area contributed by atoms with Crippen LogP contribution in [0.15, 0.2) is 73.8 Å². The maximum absolute atomic E-state index is 13.1. The summed E-state index contributed by atoms with van der Waals surface area (Å²) in [7, 11) is 0. The third kappa shape index (κ3) is 8.00. The predicted octanol–water partition coefficient (Wildman–Crippen LogP) is 6.14. The lowest BCUT2D eigenvalue weighted by atomic mass is 9.92. The van der Waals surface area contributed by atoms with Crippen LogP contribution in [0.25, 0.3) is 0 Å². The van der Waals surface area contributed by atoms with Gasteiger partial charge in [0.1, 0.15) is 24.8 Å². The number of hydrogen-bond donors (Lipinski definition) is 2. The van der Waals surface area contributed by atoms with Gasteiger partial charge in [0.2, 0.25) is 19.3 Å². The largest absolute Gasteiger partial charge is 0.322 e. The van der Waals surface area contributed by atoms with E-state index < -0.39 is 0 Å². The minimum absolute atomic E-state index is 0.0535. The fourth-order valence-electron chi connectivity index (χ4n) is 5.50. The number of aromatic nitrogens is 4. The van der Waals surface area contributed by atoms with Crippen LogP contribution in [0.5, 0.6) is 0 Å². The van der Waals surface area contributed by atoms with Crippen molar-refractivity contribution in [1.82, 2.24) is 9.13 Å². The molecule has 4 rings (SSSR count). The molecule has 0 fully saturated rings. The molecule has 0 spiro atoms. The number of nitrogens with zero attached hydrogens (tertiary/aromatic N) is 4. The van der Waals surface area contributed by atoms with Gasteiger partial charge in [0.15, 0.2) is 13.1 Å². The van der Waals surface area contributed by atoms with Gasteiger partial charge in [-0.3, -0.25) is 9.59 Å². The molecule has 0 saturated heterocycles. The maximum Gasteiger partial charge on any atom is 0.266 e. The molecule has 8 heteroatoms. The van der Waals surface area contributed by atoms with E-state index in [0.717, 1.165) is 33.6 Å². The Balaban J connectivity index is 1.37. The van der Waals surface area contributed by atoms with Crippen molar-refractivity contribution in [2.24, 2.45) is 0 Å². The molecule has 0 bridgehead atoms. The average Bonchev–Trinajstić information content (AvgIpc) is 3.57. The molecule has 2 amide bonds. The van der Waals surface area contributed by atoms with E-state index >= 15 is 0 Å². The van der Waals surface area contributed by atoms with E-state index in [1.54, 1.807) is 0 Å². The van der Waals surface area contributed by atoms with Crippen molar-refractivity contribution in [2.45, 2.75) is 98.8 Å². The zero-order chi connectivity index (χ0) is 31.3. The first kappa shape index (κ1) is 31.7. The zero-order valence-corrected chi connectivity index (χ0v) is 27.0. The predicted molar refractivity (Wildman–Crippen MR) is 171 cm³/mol. The zero-order valence-electron chi connectivity index (χ0n) is 27.0. The Bertz CT molecular complexity index is 1390. The number of rotatable bonds is 12. The smallest absolute Gasteiger partial charge is 0.266 e. The number of hydrogen-bond acceptors (Lipinski definition) is 2. The molecule has 0 atom stereocenters. The molecule has 2 heterocycles. The second-order valence-electron chi connectivity index (χ2n) is 12.7. The van der Waals surface area contributed by atoms with Crippen molar-refractivity contribution < 1.29 is 18.7 Å². The molecule has 0 unspecified atom stereocenters. The fourth-order valence-corrected chi connectivity index (χ4v) is 5.50. The fraction of sp³-hybridized carbons (Fsp3) is 0.429. The SMILES string of the molecule is CC(C)c1cccc(C(C)C)c1NC(=O)Cn1cc[n+](C[n+]2ccn(CC(=O)Nc3c(C(C)C)cccc3C(C)C)c2)c1. The van der Waals surface area contributed by atoms with Crippen LogP contribution < -0.4 is 19.8 Å². The molecular formula is C35H48N6O2+2. The summed E-state index contributed by atoms with van der Waals surface area (Å²) in [6.07, 6.45) is 11.5. The highest BCUT2D eigenvalue weighted by molar-refractivity contribution is 5.93. The number of anilines is 2. The highest BCUT2D eigenvalue weighted by Gasteiger charge is 2.20. The normalized spacial score (nSPS) is 11.6. The topological polar surface area (TPSA) is 75.8 Å². The van der Waals surface area contributed by atoms with Crippen LogP contribution in [0.3, 0.4) is 0 Å². The number of carbonyl (C=O) groups is 2. The summed E-state index contributed by atoms with van der Waals surface area (Å²) in [4.78, 5) is 26.1. The molecule has 228 valence electrons. The van der Waals surface area contributed by atoms with Crippen LogP contribution in [0.2, 0.25) is 0 Å². The molecule has 0 aliphatic heterocycles. The van der Waals surface area contributed by atoms with Crippen LogP contribution in [-0.2, 0) is 29.3 Å². The molecule has 2 aromatic carbocycles. The lowest BCUT2D eigenvalue weighted by molar-refractivity contribution is -0.912. The summed E-state index contributed by atoms with van der Waals surface area (Å²) in [5.41, 5.74) is 6.49. The summed E-state index contributed by atoms with van der Waals surface area (Å²) in [6, 6.07) is 12.5. The Labute approximate surface area is 256 Å². The standard InChI is InChI=1S/C35H46N6O2/c1-24(2)28-11-9-12-29(25(3)4)34(28)36-32(42)19-38-15-17-40(21-38)23-41-18-16-39(22-41)20-33(43)37-35-30(26(5)6)13-10-14-31(35)27(7)8/h9-18,21-22,24-27H,19-20,23H2,1-8H3/p+2. The van der Waals surface area contributed by atoms with Crippen molar-refractivity contribution in [3.63, 3.8) is 0 Å². The monoisotopic (exact) mass is 584 g/mol. The maximum atomic E-state index is 13.1. The van der Waals surface area contributed by atoms with E-state index in [0.29, 0.717) is 30.3 Å². The van der Waals surface area contributed by atoms with Gasteiger partial charge in [-0.05, 0) is 45.9 Å². The minimum Gasteiger partial charge on any atom is -0.322 e.